The lowest BCUT2D eigenvalue weighted by molar-refractivity contribution is -0.148. The van der Waals surface area contributed by atoms with Crippen LogP contribution in [0.1, 0.15) is 34.1 Å². The molecule has 0 spiro atoms. The van der Waals surface area contributed by atoms with Crippen molar-refractivity contribution in [2.24, 2.45) is 0 Å². The summed E-state index contributed by atoms with van der Waals surface area (Å²) in [5, 5.41) is 0.741. The summed E-state index contributed by atoms with van der Waals surface area (Å²) in [4.78, 5) is 35.4. The molecule has 3 aromatic rings. The van der Waals surface area contributed by atoms with Crippen molar-refractivity contribution < 1.29 is 32.2 Å². The largest absolute Gasteiger partial charge is 0.472 e. The zero-order valence-electron chi connectivity index (χ0n) is 21.4. The Morgan fingerprint density at radius 2 is 1.89 bits per heavy atom. The minimum atomic E-state index is -3.33. The van der Waals surface area contributed by atoms with E-state index in [4.69, 9.17) is 14.2 Å². The van der Waals surface area contributed by atoms with Crippen molar-refractivity contribution in [3.05, 3.63) is 42.9 Å². The molecule has 1 amide bonds. The number of rotatable bonds is 6. The van der Waals surface area contributed by atoms with Gasteiger partial charge in [0.25, 0.3) is 0 Å². The van der Waals surface area contributed by atoms with E-state index in [2.05, 4.69) is 9.97 Å². The number of carbonyl (C=O) groups excluding carboxylic acids is 2. The van der Waals surface area contributed by atoms with Gasteiger partial charge in [0, 0.05) is 30.3 Å². The number of benzene rings is 1. The SMILES string of the molecule is CCOC(=O)C1CC(Oc2cc(-n3ccc4cc(S(C)(=O)=O)ccc43)ncn2)CN1C(=O)OC(C)(C)C. The van der Waals surface area contributed by atoms with Crippen molar-refractivity contribution in [3.8, 4) is 11.7 Å². The number of amides is 1. The number of carbonyl (C=O) groups is 2. The van der Waals surface area contributed by atoms with Crippen molar-refractivity contribution >= 4 is 32.8 Å². The topological polar surface area (TPSA) is 130 Å². The minimum Gasteiger partial charge on any atom is -0.472 e. The number of nitrogens with zero attached hydrogens (tertiary/aromatic N) is 4. The highest BCUT2D eigenvalue weighted by atomic mass is 32.2. The number of fused-ring (bicyclic) bond motifs is 1. The first-order valence-electron chi connectivity index (χ1n) is 11.8. The first kappa shape index (κ1) is 26.4. The van der Waals surface area contributed by atoms with Crippen molar-refractivity contribution in [1.82, 2.24) is 19.4 Å². The van der Waals surface area contributed by atoms with Crippen molar-refractivity contribution in [2.45, 2.75) is 56.8 Å². The van der Waals surface area contributed by atoms with E-state index in [0.29, 0.717) is 5.82 Å². The van der Waals surface area contributed by atoms with Crippen LogP contribution in [0.5, 0.6) is 5.88 Å². The molecule has 0 bridgehead atoms. The second-order valence-electron chi connectivity index (χ2n) is 9.77. The molecule has 0 radical (unpaired) electrons. The number of sulfone groups is 1. The molecule has 12 heteroatoms. The Bertz CT molecular complexity index is 1430. The predicted molar refractivity (Wildman–Crippen MR) is 134 cm³/mol. The maximum absolute atomic E-state index is 12.8. The van der Waals surface area contributed by atoms with E-state index in [1.54, 1.807) is 68.8 Å². The van der Waals surface area contributed by atoms with Crippen molar-refractivity contribution in [3.63, 3.8) is 0 Å². The summed E-state index contributed by atoms with van der Waals surface area (Å²) in [5.74, 6) is 0.254. The molecular formula is C25H30N4O7S. The third-order valence-corrected chi connectivity index (χ3v) is 6.81. The van der Waals surface area contributed by atoms with Crippen molar-refractivity contribution in [1.29, 1.82) is 0 Å². The van der Waals surface area contributed by atoms with Gasteiger partial charge >= 0.3 is 12.1 Å². The maximum Gasteiger partial charge on any atom is 0.411 e. The van der Waals surface area contributed by atoms with Crippen molar-refractivity contribution in [2.75, 3.05) is 19.4 Å². The second kappa shape index (κ2) is 10.0. The highest BCUT2D eigenvalue weighted by Gasteiger charge is 2.43. The van der Waals surface area contributed by atoms with Gasteiger partial charge in [-0.25, -0.2) is 28.0 Å². The molecular weight excluding hydrogens is 500 g/mol. The zero-order chi connectivity index (χ0) is 27.0. The smallest absolute Gasteiger partial charge is 0.411 e. The normalized spacial score (nSPS) is 18.1. The van der Waals surface area contributed by atoms with Crippen LogP contribution >= 0.6 is 0 Å². The molecule has 4 rings (SSSR count). The lowest BCUT2D eigenvalue weighted by atomic mass is 10.2. The quantitative estimate of drug-likeness (QED) is 0.441. The molecule has 1 aromatic carbocycles. The van der Waals surface area contributed by atoms with E-state index in [0.717, 1.165) is 10.9 Å². The minimum absolute atomic E-state index is 0.123. The van der Waals surface area contributed by atoms with E-state index in [1.165, 1.54) is 17.5 Å². The van der Waals surface area contributed by atoms with Gasteiger partial charge in [-0.1, -0.05) is 0 Å². The van der Waals surface area contributed by atoms with Gasteiger partial charge in [0.1, 0.15) is 29.9 Å². The monoisotopic (exact) mass is 530 g/mol. The Morgan fingerprint density at radius 1 is 1.14 bits per heavy atom. The van der Waals surface area contributed by atoms with Gasteiger partial charge < -0.3 is 18.8 Å². The summed E-state index contributed by atoms with van der Waals surface area (Å²) >= 11 is 0. The van der Waals surface area contributed by atoms with E-state index in [1.807, 2.05) is 0 Å². The molecule has 3 heterocycles. The summed E-state index contributed by atoms with van der Waals surface area (Å²) < 4.78 is 42.3. The standard InChI is InChI=1S/C25H30N4O7S/c1-6-34-23(30)20-12-17(14-29(20)24(31)36-25(2,3)4)35-22-13-21(26-15-27-22)28-10-9-16-11-18(37(5,32)33)7-8-19(16)28/h7-11,13,15,17,20H,6,12,14H2,1-5H3. The molecule has 37 heavy (non-hydrogen) atoms. The van der Waals surface area contributed by atoms with Gasteiger partial charge in [0.15, 0.2) is 9.84 Å². The zero-order valence-corrected chi connectivity index (χ0v) is 22.2. The Hall–Kier alpha value is -3.67. The average molecular weight is 531 g/mol. The van der Waals surface area contributed by atoms with Crippen LogP contribution in [0.2, 0.25) is 0 Å². The molecule has 11 nitrogen and oxygen atoms in total. The fourth-order valence-electron chi connectivity index (χ4n) is 4.11. The third kappa shape index (κ3) is 6.01. The lowest BCUT2D eigenvalue weighted by Gasteiger charge is -2.27. The summed E-state index contributed by atoms with van der Waals surface area (Å²) in [6.07, 6.45) is 3.37. The van der Waals surface area contributed by atoms with Gasteiger partial charge in [-0.3, -0.25) is 4.90 Å². The van der Waals surface area contributed by atoms with Crippen LogP contribution < -0.4 is 4.74 Å². The first-order chi connectivity index (χ1) is 17.4. The highest BCUT2D eigenvalue weighted by Crippen LogP contribution is 2.27. The summed E-state index contributed by atoms with van der Waals surface area (Å²) in [5.41, 5.74) is 0.0368. The summed E-state index contributed by atoms with van der Waals surface area (Å²) in [7, 11) is -3.33. The highest BCUT2D eigenvalue weighted by molar-refractivity contribution is 7.90. The molecule has 198 valence electrons. The van der Waals surface area contributed by atoms with Crippen LogP contribution in [-0.4, -0.2) is 77.1 Å². The molecule has 2 atom stereocenters. The predicted octanol–water partition coefficient (Wildman–Crippen LogP) is 3.14. The first-order valence-corrected chi connectivity index (χ1v) is 13.7. The fraction of sp³-hybridized carbons (Fsp3) is 0.440. The van der Waals surface area contributed by atoms with E-state index in [9.17, 15) is 18.0 Å². The summed E-state index contributed by atoms with van der Waals surface area (Å²) in [6, 6.07) is 7.48. The third-order valence-electron chi connectivity index (χ3n) is 5.70. The molecule has 1 saturated heterocycles. The van der Waals surface area contributed by atoms with Crippen LogP contribution in [-0.2, 0) is 24.1 Å². The van der Waals surface area contributed by atoms with Gasteiger partial charge in [-0.15, -0.1) is 0 Å². The van der Waals surface area contributed by atoms with Gasteiger partial charge in [0.05, 0.1) is 23.6 Å². The molecule has 1 aliphatic rings. The van der Waals surface area contributed by atoms with Crippen LogP contribution in [0.3, 0.4) is 0 Å². The van der Waals surface area contributed by atoms with Gasteiger partial charge in [-0.05, 0) is 52.0 Å². The van der Waals surface area contributed by atoms with Gasteiger partial charge in [0.2, 0.25) is 5.88 Å². The van der Waals surface area contributed by atoms with E-state index in [-0.39, 0.29) is 30.3 Å². The Morgan fingerprint density at radius 3 is 2.57 bits per heavy atom. The molecule has 2 unspecified atom stereocenters. The van der Waals surface area contributed by atoms with Crippen LogP contribution in [0.4, 0.5) is 4.79 Å². The lowest BCUT2D eigenvalue weighted by Crippen LogP contribution is -2.44. The Balaban J connectivity index is 1.55. The molecule has 2 aromatic heterocycles. The number of aromatic nitrogens is 3. The van der Waals surface area contributed by atoms with E-state index < -0.39 is 39.6 Å². The molecule has 1 aliphatic heterocycles. The van der Waals surface area contributed by atoms with Crippen LogP contribution in [0.25, 0.3) is 16.7 Å². The Labute approximate surface area is 215 Å². The molecule has 0 aliphatic carbocycles. The van der Waals surface area contributed by atoms with Crippen LogP contribution in [0.15, 0.2) is 47.8 Å². The fourth-order valence-corrected chi connectivity index (χ4v) is 4.77. The summed E-state index contributed by atoms with van der Waals surface area (Å²) in [6.45, 7) is 7.28. The number of hydrogen-bond acceptors (Lipinski definition) is 9. The average Bonchev–Trinajstić information content (AvgIpc) is 3.42. The Kier molecular flexibility index (Phi) is 7.13. The van der Waals surface area contributed by atoms with Gasteiger partial charge in [-0.2, -0.15) is 0 Å². The second-order valence-corrected chi connectivity index (χ2v) is 11.8. The number of esters is 1. The van der Waals surface area contributed by atoms with Crippen LogP contribution in [0, 0.1) is 0 Å². The molecule has 0 N–H and O–H groups in total. The number of ether oxygens (including phenoxy) is 3. The maximum atomic E-state index is 12.8. The van der Waals surface area contributed by atoms with E-state index >= 15 is 0 Å². The number of hydrogen-bond donors (Lipinski definition) is 0. The molecule has 0 saturated carbocycles. The molecule has 1 fully saturated rings. The number of likely N-dealkylation sites (tertiary alicyclic amines) is 1.